The minimum absolute atomic E-state index is 0.0595. The molecule has 0 bridgehead atoms. The first-order valence-corrected chi connectivity index (χ1v) is 9.51. The van der Waals surface area contributed by atoms with E-state index < -0.39 is 16.1 Å². The lowest BCUT2D eigenvalue weighted by Crippen LogP contribution is -2.33. The Morgan fingerprint density at radius 1 is 1.19 bits per heavy atom. The summed E-state index contributed by atoms with van der Waals surface area (Å²) in [5.74, 6) is 0.578. The monoisotopic (exact) mass is 375 g/mol. The van der Waals surface area contributed by atoms with Crippen LogP contribution >= 0.6 is 0 Å². The Hall–Kier alpha value is -2.44. The molecule has 138 valence electrons. The van der Waals surface area contributed by atoms with Gasteiger partial charge in [0.25, 0.3) is 0 Å². The van der Waals surface area contributed by atoms with Gasteiger partial charge < -0.3 is 15.2 Å². The maximum atomic E-state index is 11.3. The topological polar surface area (TPSA) is 125 Å². The summed E-state index contributed by atoms with van der Waals surface area (Å²) in [4.78, 5) is 0.0595. The lowest BCUT2D eigenvalue weighted by molar-refractivity contribution is 0.104. The van der Waals surface area contributed by atoms with E-state index in [-0.39, 0.29) is 17.5 Å². The Balaban J connectivity index is 1.80. The second-order valence-corrected chi connectivity index (χ2v) is 7.41. The maximum absolute atomic E-state index is 11.3. The Morgan fingerprint density at radius 3 is 2.35 bits per heavy atom. The van der Waals surface area contributed by atoms with Crippen molar-refractivity contribution in [3.05, 3.63) is 59.7 Å². The largest absolute Gasteiger partial charge is 0.491 e. The molecule has 0 saturated carbocycles. The van der Waals surface area contributed by atoms with Gasteiger partial charge in [-0.1, -0.05) is 12.1 Å². The van der Waals surface area contributed by atoms with Gasteiger partial charge in [-0.3, -0.25) is 0 Å². The number of ether oxygens (including phenoxy) is 1. The molecule has 2 aromatic rings. The number of hydrogen-bond acceptors (Lipinski definition) is 6. The van der Waals surface area contributed by atoms with E-state index >= 15 is 0 Å². The van der Waals surface area contributed by atoms with Gasteiger partial charge in [-0.05, 0) is 48.9 Å². The molecule has 0 aliphatic heterocycles. The quantitative estimate of drug-likeness (QED) is 0.638. The van der Waals surface area contributed by atoms with Gasteiger partial charge in [0, 0.05) is 12.6 Å². The van der Waals surface area contributed by atoms with Crippen LogP contribution in [0.1, 0.15) is 24.1 Å². The fraction of sp³-hybridized carbons (Fsp3) is 0.278. The predicted octanol–water partition coefficient (Wildman–Crippen LogP) is 1.30. The number of aliphatic hydroxyl groups is 1. The van der Waals surface area contributed by atoms with E-state index in [9.17, 15) is 13.5 Å². The molecule has 8 heteroatoms. The zero-order chi connectivity index (χ0) is 19.2. The predicted molar refractivity (Wildman–Crippen MR) is 96.9 cm³/mol. The summed E-state index contributed by atoms with van der Waals surface area (Å²) >= 11 is 0. The van der Waals surface area contributed by atoms with Crippen LogP contribution in [-0.4, -0.2) is 32.8 Å². The fourth-order valence-corrected chi connectivity index (χ4v) is 2.77. The Morgan fingerprint density at radius 2 is 1.81 bits per heavy atom. The molecule has 7 nitrogen and oxygen atoms in total. The highest BCUT2D eigenvalue weighted by Gasteiger charge is 2.12. The van der Waals surface area contributed by atoms with Crippen molar-refractivity contribution in [2.24, 2.45) is 5.14 Å². The summed E-state index contributed by atoms with van der Waals surface area (Å²) in [5, 5.41) is 27.0. The van der Waals surface area contributed by atoms with E-state index in [0.29, 0.717) is 17.9 Å². The van der Waals surface area contributed by atoms with E-state index in [1.165, 1.54) is 12.1 Å². The minimum atomic E-state index is -3.70. The third-order valence-corrected chi connectivity index (χ3v) is 4.72. The van der Waals surface area contributed by atoms with Crippen LogP contribution in [0.2, 0.25) is 0 Å². The van der Waals surface area contributed by atoms with Crippen molar-refractivity contribution in [3.8, 4) is 11.8 Å². The standard InChI is InChI=1S/C18H21N3O4S/c1-13(15-4-8-18(9-5-15)26(20,23)24)21-11-16(22)12-25-17-6-2-14(10-19)3-7-17/h2-9,13,16,21-22H,11-12H2,1H3,(H2,20,23,24)/t13-,16-/m1/s1. The second kappa shape index (κ2) is 8.78. The molecule has 0 amide bonds. The average Bonchev–Trinajstić information content (AvgIpc) is 2.64. The first-order chi connectivity index (χ1) is 12.3. The number of hydrogen-bond donors (Lipinski definition) is 3. The smallest absolute Gasteiger partial charge is 0.238 e. The number of nitrogens with one attached hydrogen (secondary N) is 1. The first-order valence-electron chi connectivity index (χ1n) is 7.97. The van der Waals surface area contributed by atoms with Gasteiger partial charge in [0.05, 0.1) is 16.5 Å². The minimum Gasteiger partial charge on any atom is -0.491 e. The molecule has 2 atom stereocenters. The van der Waals surface area contributed by atoms with Crippen molar-refractivity contribution in [1.29, 1.82) is 5.26 Å². The molecule has 0 aliphatic carbocycles. The lowest BCUT2D eigenvalue weighted by atomic mass is 10.1. The summed E-state index contributed by atoms with van der Waals surface area (Å²) in [7, 11) is -3.70. The Labute approximate surface area is 153 Å². The number of benzene rings is 2. The van der Waals surface area contributed by atoms with Crippen LogP contribution in [0, 0.1) is 11.3 Å². The highest BCUT2D eigenvalue weighted by atomic mass is 32.2. The number of nitriles is 1. The molecule has 2 aromatic carbocycles. The van der Waals surface area contributed by atoms with Gasteiger partial charge in [-0.2, -0.15) is 5.26 Å². The molecule has 4 N–H and O–H groups in total. The van der Waals surface area contributed by atoms with Gasteiger partial charge >= 0.3 is 0 Å². The fourth-order valence-electron chi connectivity index (χ4n) is 2.25. The zero-order valence-electron chi connectivity index (χ0n) is 14.3. The number of nitrogens with two attached hydrogens (primary N) is 1. The number of primary sulfonamides is 1. The Kier molecular flexibility index (Phi) is 6.71. The van der Waals surface area contributed by atoms with Crippen LogP contribution in [0.15, 0.2) is 53.4 Å². The van der Waals surface area contributed by atoms with Gasteiger partial charge in [0.15, 0.2) is 0 Å². The first kappa shape index (κ1) is 19.9. The van der Waals surface area contributed by atoms with Crippen LogP contribution in [0.4, 0.5) is 0 Å². The SMILES string of the molecule is C[C@@H](NC[C@@H](O)COc1ccc(C#N)cc1)c1ccc(S(N)(=O)=O)cc1. The summed E-state index contributed by atoms with van der Waals surface area (Å²) in [5.41, 5.74) is 1.42. The number of aliphatic hydroxyl groups excluding tert-OH is 1. The van der Waals surface area contributed by atoms with E-state index in [2.05, 4.69) is 5.32 Å². The van der Waals surface area contributed by atoms with Gasteiger partial charge in [0.2, 0.25) is 10.0 Å². The van der Waals surface area contributed by atoms with Crippen molar-refractivity contribution >= 4 is 10.0 Å². The van der Waals surface area contributed by atoms with E-state index in [1.54, 1.807) is 36.4 Å². The molecule has 0 aliphatic rings. The number of sulfonamides is 1. The van der Waals surface area contributed by atoms with Crippen LogP contribution in [0.3, 0.4) is 0 Å². The molecule has 0 saturated heterocycles. The molecule has 0 fully saturated rings. The van der Waals surface area contributed by atoms with E-state index in [1.807, 2.05) is 13.0 Å². The van der Waals surface area contributed by atoms with Crippen molar-refractivity contribution in [2.45, 2.75) is 24.0 Å². The third kappa shape index (κ3) is 5.82. The molecule has 2 rings (SSSR count). The summed E-state index contributed by atoms with van der Waals surface area (Å²) in [6.45, 7) is 2.31. The number of rotatable bonds is 8. The van der Waals surface area contributed by atoms with E-state index in [4.69, 9.17) is 15.1 Å². The van der Waals surface area contributed by atoms with Gasteiger partial charge in [-0.15, -0.1) is 0 Å². The van der Waals surface area contributed by atoms with Crippen molar-refractivity contribution in [3.63, 3.8) is 0 Å². The van der Waals surface area contributed by atoms with Crippen LogP contribution in [0.25, 0.3) is 0 Å². The molecular weight excluding hydrogens is 354 g/mol. The molecule has 0 aromatic heterocycles. The van der Waals surface area contributed by atoms with Crippen LogP contribution in [0.5, 0.6) is 5.75 Å². The molecule has 0 radical (unpaired) electrons. The van der Waals surface area contributed by atoms with Crippen molar-refractivity contribution < 1.29 is 18.3 Å². The van der Waals surface area contributed by atoms with Gasteiger partial charge in [0.1, 0.15) is 18.5 Å². The van der Waals surface area contributed by atoms with Crippen molar-refractivity contribution in [1.82, 2.24) is 5.32 Å². The zero-order valence-corrected chi connectivity index (χ0v) is 15.1. The highest BCUT2D eigenvalue weighted by Crippen LogP contribution is 2.16. The van der Waals surface area contributed by atoms with Crippen molar-refractivity contribution in [2.75, 3.05) is 13.2 Å². The summed E-state index contributed by atoms with van der Waals surface area (Å²) < 4.78 is 28.0. The maximum Gasteiger partial charge on any atom is 0.238 e. The van der Waals surface area contributed by atoms with Gasteiger partial charge in [-0.25, -0.2) is 13.6 Å². The van der Waals surface area contributed by atoms with E-state index in [0.717, 1.165) is 5.56 Å². The van der Waals surface area contributed by atoms with Crippen LogP contribution in [-0.2, 0) is 10.0 Å². The summed E-state index contributed by atoms with van der Waals surface area (Å²) in [6.07, 6.45) is -0.725. The lowest BCUT2D eigenvalue weighted by Gasteiger charge is -2.18. The summed E-state index contributed by atoms with van der Waals surface area (Å²) in [6, 6.07) is 14.8. The molecule has 0 heterocycles. The molecular formula is C18H21N3O4S. The molecule has 0 unspecified atom stereocenters. The molecule has 0 spiro atoms. The average molecular weight is 375 g/mol. The second-order valence-electron chi connectivity index (χ2n) is 5.84. The molecule has 26 heavy (non-hydrogen) atoms. The normalized spacial score (nSPS) is 13.6. The third-order valence-electron chi connectivity index (χ3n) is 3.79. The van der Waals surface area contributed by atoms with Crippen LogP contribution < -0.4 is 15.2 Å². The Bertz CT molecular complexity index is 859. The number of nitrogens with zero attached hydrogens (tertiary/aromatic N) is 1. The highest BCUT2D eigenvalue weighted by molar-refractivity contribution is 7.89.